The highest BCUT2D eigenvalue weighted by molar-refractivity contribution is 5.97. The van der Waals surface area contributed by atoms with E-state index in [0.717, 1.165) is 0 Å². The van der Waals surface area contributed by atoms with Crippen LogP contribution in [0.25, 0.3) is 21.9 Å². The van der Waals surface area contributed by atoms with Crippen LogP contribution in [0, 0.1) is 0 Å². The van der Waals surface area contributed by atoms with E-state index in [0.29, 0.717) is 0 Å². The van der Waals surface area contributed by atoms with Gasteiger partial charge in [0.2, 0.25) is 0 Å². The molecule has 0 radical (unpaired) electrons. The van der Waals surface area contributed by atoms with Gasteiger partial charge in [0, 0.05) is 0 Å². The van der Waals surface area contributed by atoms with Crippen LogP contribution in [-0.2, 0) is 19.3 Å². The Hall–Kier alpha value is -2.08. The molecule has 0 amide bonds. The monoisotopic (exact) mass is 372 g/mol. The molecule has 0 heterocycles. The van der Waals surface area contributed by atoms with Crippen molar-refractivity contribution in [2.75, 3.05) is 0 Å². The molecule has 0 unspecified atom stereocenters. The summed E-state index contributed by atoms with van der Waals surface area (Å²) < 4.78 is 0. The van der Waals surface area contributed by atoms with Crippen LogP contribution in [0.15, 0.2) is 54.6 Å². The smallest absolute Gasteiger partial charge is 0.0103 e. The Kier molecular flexibility index (Phi) is 7.71. The van der Waals surface area contributed by atoms with E-state index in [4.69, 9.17) is 0 Å². The SMILES string of the molecule is CCCCc1ccc(-c2cccc3ccccc23)c(CCCC)c1CCCC. The minimum absolute atomic E-state index is 1.20. The molecule has 28 heavy (non-hydrogen) atoms. The van der Waals surface area contributed by atoms with Crippen molar-refractivity contribution in [3.63, 3.8) is 0 Å². The van der Waals surface area contributed by atoms with Crippen molar-refractivity contribution in [1.82, 2.24) is 0 Å². The van der Waals surface area contributed by atoms with Crippen molar-refractivity contribution in [3.05, 3.63) is 71.3 Å². The number of rotatable bonds is 10. The molecule has 0 heteroatoms. The Morgan fingerprint density at radius 1 is 0.536 bits per heavy atom. The third kappa shape index (κ3) is 4.66. The summed E-state index contributed by atoms with van der Waals surface area (Å²) in [5.41, 5.74) is 7.76. The Morgan fingerprint density at radius 3 is 1.93 bits per heavy atom. The number of hydrogen-bond acceptors (Lipinski definition) is 0. The predicted octanol–water partition coefficient (Wildman–Crippen LogP) is 8.53. The van der Waals surface area contributed by atoms with Crippen molar-refractivity contribution in [1.29, 1.82) is 0 Å². The van der Waals surface area contributed by atoms with Crippen LogP contribution in [0.1, 0.15) is 76.0 Å². The van der Waals surface area contributed by atoms with E-state index < -0.39 is 0 Å². The van der Waals surface area contributed by atoms with Gasteiger partial charge in [-0.1, -0.05) is 94.6 Å². The van der Waals surface area contributed by atoms with E-state index in [1.165, 1.54) is 79.7 Å². The Morgan fingerprint density at radius 2 is 1.18 bits per heavy atom. The molecule has 3 rings (SSSR count). The van der Waals surface area contributed by atoms with Gasteiger partial charge >= 0.3 is 0 Å². The van der Waals surface area contributed by atoms with Gasteiger partial charge in [-0.15, -0.1) is 0 Å². The number of hydrogen-bond donors (Lipinski definition) is 0. The zero-order chi connectivity index (χ0) is 19.8. The number of benzene rings is 3. The third-order valence-electron chi connectivity index (χ3n) is 5.97. The lowest BCUT2D eigenvalue weighted by Crippen LogP contribution is -2.04. The lowest BCUT2D eigenvalue weighted by Gasteiger charge is -2.20. The molecule has 0 aliphatic rings. The van der Waals surface area contributed by atoms with E-state index in [-0.39, 0.29) is 0 Å². The summed E-state index contributed by atoms with van der Waals surface area (Å²) in [4.78, 5) is 0. The minimum atomic E-state index is 1.20. The second-order valence-electron chi connectivity index (χ2n) is 8.07. The van der Waals surface area contributed by atoms with Crippen molar-refractivity contribution >= 4 is 10.8 Å². The van der Waals surface area contributed by atoms with E-state index in [1.807, 2.05) is 0 Å². The van der Waals surface area contributed by atoms with E-state index in [2.05, 4.69) is 75.4 Å². The van der Waals surface area contributed by atoms with Gasteiger partial charge < -0.3 is 0 Å². The highest BCUT2D eigenvalue weighted by Crippen LogP contribution is 2.35. The molecule has 3 aromatic rings. The van der Waals surface area contributed by atoms with Gasteiger partial charge in [0.1, 0.15) is 0 Å². The maximum Gasteiger partial charge on any atom is -0.0103 e. The molecule has 0 spiro atoms. The van der Waals surface area contributed by atoms with E-state index in [9.17, 15) is 0 Å². The van der Waals surface area contributed by atoms with Gasteiger partial charge in [-0.25, -0.2) is 0 Å². The summed E-state index contributed by atoms with van der Waals surface area (Å²) in [5.74, 6) is 0. The molecule has 148 valence electrons. The van der Waals surface area contributed by atoms with Crippen molar-refractivity contribution in [2.45, 2.75) is 78.6 Å². The first-order chi connectivity index (χ1) is 13.8. The maximum absolute atomic E-state index is 2.44. The largest absolute Gasteiger partial charge is 0.0654 e. The van der Waals surface area contributed by atoms with Gasteiger partial charge in [0.05, 0.1) is 0 Å². The fourth-order valence-electron chi connectivity index (χ4n) is 4.36. The van der Waals surface area contributed by atoms with Gasteiger partial charge in [0.25, 0.3) is 0 Å². The zero-order valence-corrected chi connectivity index (χ0v) is 18.1. The second kappa shape index (κ2) is 10.5. The minimum Gasteiger partial charge on any atom is -0.0654 e. The molecule has 0 aliphatic carbocycles. The highest BCUT2D eigenvalue weighted by Gasteiger charge is 2.15. The average Bonchev–Trinajstić information content (AvgIpc) is 2.74. The summed E-state index contributed by atoms with van der Waals surface area (Å²) in [6, 6.07) is 20.5. The molecule has 0 saturated carbocycles. The van der Waals surface area contributed by atoms with Crippen molar-refractivity contribution in [3.8, 4) is 11.1 Å². The Balaban J connectivity index is 2.18. The van der Waals surface area contributed by atoms with Crippen LogP contribution in [0.4, 0.5) is 0 Å². The predicted molar refractivity (Wildman–Crippen MR) is 125 cm³/mol. The molecule has 0 saturated heterocycles. The quantitative estimate of drug-likeness (QED) is 0.334. The summed E-state index contributed by atoms with van der Waals surface area (Å²) in [7, 11) is 0. The molecule has 0 N–H and O–H groups in total. The average molecular weight is 373 g/mol. The van der Waals surface area contributed by atoms with Crippen LogP contribution in [0.5, 0.6) is 0 Å². The summed E-state index contributed by atoms with van der Waals surface area (Å²) >= 11 is 0. The molecule has 3 aromatic carbocycles. The van der Waals surface area contributed by atoms with Crippen LogP contribution >= 0.6 is 0 Å². The van der Waals surface area contributed by atoms with Crippen molar-refractivity contribution in [2.24, 2.45) is 0 Å². The lowest BCUT2D eigenvalue weighted by molar-refractivity contribution is 0.736. The molecule has 0 aromatic heterocycles. The molecule has 0 atom stereocenters. The van der Waals surface area contributed by atoms with Gasteiger partial charge in [-0.2, -0.15) is 0 Å². The second-order valence-corrected chi connectivity index (χ2v) is 8.07. The Labute approximate surface area is 172 Å². The topological polar surface area (TPSA) is 0 Å². The number of unbranched alkanes of at least 4 members (excludes halogenated alkanes) is 3. The van der Waals surface area contributed by atoms with Crippen molar-refractivity contribution < 1.29 is 0 Å². The molecule has 0 aliphatic heterocycles. The molecular weight excluding hydrogens is 336 g/mol. The van der Waals surface area contributed by atoms with E-state index >= 15 is 0 Å². The summed E-state index contributed by atoms with van der Waals surface area (Å²) in [6.07, 6.45) is 11.3. The van der Waals surface area contributed by atoms with Crippen LogP contribution in [-0.4, -0.2) is 0 Å². The molecular formula is C28H36. The fourth-order valence-corrected chi connectivity index (χ4v) is 4.36. The van der Waals surface area contributed by atoms with Crippen LogP contribution in [0.3, 0.4) is 0 Å². The normalized spacial score (nSPS) is 11.2. The fraction of sp³-hybridized carbons (Fsp3) is 0.429. The van der Waals surface area contributed by atoms with Gasteiger partial charge in [-0.3, -0.25) is 0 Å². The maximum atomic E-state index is 2.44. The number of fused-ring (bicyclic) bond motifs is 1. The highest BCUT2D eigenvalue weighted by atomic mass is 14.2. The molecule has 0 fully saturated rings. The summed E-state index contributed by atoms with van der Waals surface area (Å²) in [6.45, 7) is 6.92. The van der Waals surface area contributed by atoms with Crippen LogP contribution in [0.2, 0.25) is 0 Å². The first-order valence-corrected chi connectivity index (χ1v) is 11.4. The Bertz CT molecular complexity index is 882. The summed E-state index contributed by atoms with van der Waals surface area (Å²) in [5, 5.41) is 2.72. The lowest BCUT2D eigenvalue weighted by atomic mass is 9.84. The van der Waals surface area contributed by atoms with Gasteiger partial charge in [0.15, 0.2) is 0 Å². The molecule has 0 nitrogen and oxygen atoms in total. The van der Waals surface area contributed by atoms with Crippen LogP contribution < -0.4 is 0 Å². The standard InChI is InChI=1S/C28H36/c1-4-7-13-23-20-21-28(26(17-9-6-3)24(23)16-8-5-2)27-19-12-15-22-14-10-11-18-25(22)27/h10-12,14-15,18-21H,4-9,13,16-17H2,1-3H3. The van der Waals surface area contributed by atoms with E-state index in [1.54, 1.807) is 16.7 Å². The first kappa shape index (κ1) is 20.6. The number of aryl methyl sites for hydroxylation is 1. The zero-order valence-electron chi connectivity index (χ0n) is 18.1. The third-order valence-corrected chi connectivity index (χ3v) is 5.97. The first-order valence-electron chi connectivity index (χ1n) is 11.4. The van der Waals surface area contributed by atoms with Gasteiger partial charge in [-0.05, 0) is 77.1 Å². The molecule has 0 bridgehead atoms.